The summed E-state index contributed by atoms with van der Waals surface area (Å²) in [5.41, 5.74) is 2.65. The molecule has 1 saturated heterocycles. The number of piperidine rings is 1. The summed E-state index contributed by atoms with van der Waals surface area (Å²) in [5, 5.41) is 2.99. The van der Waals surface area contributed by atoms with Gasteiger partial charge in [-0.2, -0.15) is 0 Å². The third-order valence-electron chi connectivity index (χ3n) is 5.66. The van der Waals surface area contributed by atoms with Gasteiger partial charge in [-0.3, -0.25) is 14.5 Å². The van der Waals surface area contributed by atoms with E-state index in [1.807, 2.05) is 24.3 Å². The van der Waals surface area contributed by atoms with Crippen LogP contribution in [-0.2, 0) is 11.3 Å². The summed E-state index contributed by atoms with van der Waals surface area (Å²) in [6.45, 7) is 2.23. The zero-order valence-corrected chi connectivity index (χ0v) is 17.3. The van der Waals surface area contributed by atoms with E-state index < -0.39 is 0 Å². The fourth-order valence-corrected chi connectivity index (χ4v) is 4.03. The van der Waals surface area contributed by atoms with Gasteiger partial charge in [0, 0.05) is 24.2 Å². The topological polar surface area (TPSA) is 49.4 Å². The first kappa shape index (κ1) is 20.9. The van der Waals surface area contributed by atoms with Crippen LogP contribution in [0.2, 0.25) is 0 Å². The van der Waals surface area contributed by atoms with Gasteiger partial charge in [0.2, 0.25) is 5.91 Å². The number of para-hydroxylation sites is 1. The van der Waals surface area contributed by atoms with E-state index in [0.29, 0.717) is 29.9 Å². The van der Waals surface area contributed by atoms with Crippen molar-refractivity contribution in [3.8, 4) is 0 Å². The quantitative estimate of drug-likeness (QED) is 0.581. The molecule has 0 spiro atoms. The van der Waals surface area contributed by atoms with Crippen molar-refractivity contribution in [1.82, 2.24) is 4.90 Å². The smallest absolute Gasteiger partial charge is 0.228 e. The summed E-state index contributed by atoms with van der Waals surface area (Å²) >= 11 is 0. The molecule has 1 fully saturated rings. The van der Waals surface area contributed by atoms with Crippen LogP contribution < -0.4 is 5.32 Å². The van der Waals surface area contributed by atoms with Crippen LogP contribution in [0.5, 0.6) is 0 Å². The molecule has 1 N–H and O–H groups in total. The number of carbonyl (C=O) groups is 2. The zero-order valence-electron chi connectivity index (χ0n) is 17.3. The Labute approximate surface area is 181 Å². The molecule has 3 aromatic rings. The van der Waals surface area contributed by atoms with E-state index in [1.165, 1.54) is 12.1 Å². The number of likely N-dealkylation sites (tertiary alicyclic amines) is 1. The number of anilines is 1. The van der Waals surface area contributed by atoms with Gasteiger partial charge in [-0.15, -0.1) is 0 Å². The first-order valence-corrected chi connectivity index (χ1v) is 10.6. The van der Waals surface area contributed by atoms with Crippen molar-refractivity contribution in [3.05, 3.63) is 101 Å². The minimum atomic E-state index is -0.247. The van der Waals surface area contributed by atoms with Crippen LogP contribution in [-0.4, -0.2) is 29.7 Å². The molecule has 0 unspecified atom stereocenters. The van der Waals surface area contributed by atoms with Gasteiger partial charge in [0.15, 0.2) is 5.78 Å². The average Bonchev–Trinajstić information content (AvgIpc) is 2.81. The minimum Gasteiger partial charge on any atom is -0.325 e. The lowest BCUT2D eigenvalue weighted by Gasteiger charge is -2.32. The number of hydrogen-bond donors (Lipinski definition) is 1. The summed E-state index contributed by atoms with van der Waals surface area (Å²) in [5.74, 6) is -0.590. The van der Waals surface area contributed by atoms with Crippen LogP contribution in [0.1, 0.15) is 34.3 Å². The molecule has 31 heavy (non-hydrogen) atoms. The number of rotatable bonds is 6. The molecule has 5 heteroatoms. The molecule has 158 valence electrons. The summed E-state index contributed by atoms with van der Waals surface area (Å²) in [6.07, 6.45) is 1.73. The van der Waals surface area contributed by atoms with Crippen LogP contribution in [0.3, 0.4) is 0 Å². The highest BCUT2D eigenvalue weighted by atomic mass is 19.1. The van der Waals surface area contributed by atoms with Crippen LogP contribution >= 0.6 is 0 Å². The lowest BCUT2D eigenvalue weighted by Crippen LogP contribution is -2.40. The van der Waals surface area contributed by atoms with E-state index in [1.54, 1.807) is 42.5 Å². The van der Waals surface area contributed by atoms with Gasteiger partial charge in [0.05, 0.1) is 11.6 Å². The summed E-state index contributed by atoms with van der Waals surface area (Å²) in [7, 11) is 0. The summed E-state index contributed by atoms with van der Waals surface area (Å²) in [6, 6.07) is 22.7. The molecule has 1 aliphatic heterocycles. The predicted octanol–water partition coefficient (Wildman–Crippen LogP) is 4.91. The second-order valence-corrected chi connectivity index (χ2v) is 7.93. The normalized spacial score (nSPS) is 16.6. The zero-order chi connectivity index (χ0) is 21.6. The molecule has 1 amide bonds. The van der Waals surface area contributed by atoms with E-state index in [-0.39, 0.29) is 23.4 Å². The number of amides is 1. The Morgan fingerprint density at radius 2 is 1.65 bits per heavy atom. The molecule has 1 aliphatic rings. The number of nitrogens with one attached hydrogen (secondary N) is 1. The first-order valence-electron chi connectivity index (χ1n) is 10.6. The molecule has 0 bridgehead atoms. The Kier molecular flexibility index (Phi) is 6.53. The third kappa shape index (κ3) is 5.25. The fraction of sp³-hybridized carbons (Fsp3) is 0.231. The lowest BCUT2D eigenvalue weighted by atomic mass is 9.96. The van der Waals surface area contributed by atoms with Crippen molar-refractivity contribution in [2.75, 3.05) is 18.4 Å². The molecule has 0 saturated carbocycles. The second-order valence-electron chi connectivity index (χ2n) is 7.93. The number of halogens is 1. The summed E-state index contributed by atoms with van der Waals surface area (Å²) < 4.78 is 13.1. The molecule has 1 atom stereocenters. The minimum absolute atomic E-state index is 0.0721. The van der Waals surface area contributed by atoms with E-state index in [0.717, 1.165) is 24.9 Å². The molecule has 1 heterocycles. The lowest BCUT2D eigenvalue weighted by molar-refractivity contribution is -0.121. The van der Waals surface area contributed by atoms with Crippen molar-refractivity contribution in [3.63, 3.8) is 0 Å². The molecule has 0 radical (unpaired) electrons. The molecule has 3 aromatic carbocycles. The first-order chi connectivity index (χ1) is 15.1. The monoisotopic (exact) mass is 416 g/mol. The van der Waals surface area contributed by atoms with Crippen LogP contribution in [0.15, 0.2) is 78.9 Å². The maximum atomic E-state index is 13.1. The van der Waals surface area contributed by atoms with E-state index >= 15 is 0 Å². The third-order valence-corrected chi connectivity index (χ3v) is 5.66. The average molecular weight is 416 g/mol. The van der Waals surface area contributed by atoms with Gasteiger partial charge in [-0.1, -0.05) is 54.6 Å². The van der Waals surface area contributed by atoms with Crippen LogP contribution in [0, 0.1) is 11.7 Å². The highest BCUT2D eigenvalue weighted by Crippen LogP contribution is 2.23. The van der Waals surface area contributed by atoms with Gasteiger partial charge in [-0.25, -0.2) is 4.39 Å². The highest BCUT2D eigenvalue weighted by molar-refractivity contribution is 6.13. The Morgan fingerprint density at radius 3 is 2.42 bits per heavy atom. The van der Waals surface area contributed by atoms with Gasteiger partial charge >= 0.3 is 0 Å². The maximum Gasteiger partial charge on any atom is 0.228 e. The van der Waals surface area contributed by atoms with Crippen molar-refractivity contribution in [2.24, 2.45) is 5.92 Å². The number of hydrogen-bond acceptors (Lipinski definition) is 3. The van der Waals surface area contributed by atoms with Crippen molar-refractivity contribution in [2.45, 2.75) is 19.4 Å². The Morgan fingerprint density at radius 1 is 0.935 bits per heavy atom. The molecular formula is C26H25FN2O2. The number of nitrogens with zero attached hydrogens (tertiary/aromatic N) is 1. The van der Waals surface area contributed by atoms with Gasteiger partial charge < -0.3 is 5.32 Å². The largest absolute Gasteiger partial charge is 0.325 e. The molecule has 0 aliphatic carbocycles. The van der Waals surface area contributed by atoms with Gasteiger partial charge in [0.25, 0.3) is 0 Å². The Hall–Kier alpha value is -3.31. The molecule has 0 aromatic heterocycles. The van der Waals surface area contributed by atoms with Gasteiger partial charge in [-0.05, 0) is 49.2 Å². The standard InChI is InChI=1S/C26H25FN2O2/c27-22-14-12-19(13-15-22)17-29-16-6-9-21(18-29)26(31)28-24-11-5-4-10-23(24)25(30)20-7-2-1-3-8-20/h1-5,7-8,10-15,21H,6,9,16-18H2,(H,28,31)/t21-/m0/s1. The molecule has 4 nitrogen and oxygen atoms in total. The second kappa shape index (κ2) is 9.67. The number of ketones is 1. The van der Waals surface area contributed by atoms with Gasteiger partial charge in [0.1, 0.15) is 5.82 Å². The number of benzene rings is 3. The van der Waals surface area contributed by atoms with E-state index in [2.05, 4.69) is 10.2 Å². The number of carbonyl (C=O) groups excluding carboxylic acids is 2. The van der Waals surface area contributed by atoms with E-state index in [4.69, 9.17) is 0 Å². The Balaban J connectivity index is 1.43. The predicted molar refractivity (Wildman–Crippen MR) is 119 cm³/mol. The summed E-state index contributed by atoms with van der Waals surface area (Å²) in [4.78, 5) is 28.2. The van der Waals surface area contributed by atoms with Crippen molar-refractivity contribution >= 4 is 17.4 Å². The van der Waals surface area contributed by atoms with Crippen LogP contribution in [0.4, 0.5) is 10.1 Å². The van der Waals surface area contributed by atoms with Crippen LogP contribution in [0.25, 0.3) is 0 Å². The Bertz CT molecular complexity index is 1050. The highest BCUT2D eigenvalue weighted by Gasteiger charge is 2.27. The molecular weight excluding hydrogens is 391 g/mol. The van der Waals surface area contributed by atoms with E-state index in [9.17, 15) is 14.0 Å². The van der Waals surface area contributed by atoms with Crippen molar-refractivity contribution < 1.29 is 14.0 Å². The fourth-order valence-electron chi connectivity index (χ4n) is 4.03. The SMILES string of the molecule is O=C(c1ccccc1)c1ccccc1NC(=O)[C@H]1CCCN(Cc2ccc(F)cc2)C1. The maximum absolute atomic E-state index is 13.1. The molecule has 4 rings (SSSR count). The van der Waals surface area contributed by atoms with Crippen molar-refractivity contribution in [1.29, 1.82) is 0 Å².